The van der Waals surface area contributed by atoms with Gasteiger partial charge in [-0.1, -0.05) is 28.1 Å². The van der Waals surface area contributed by atoms with Gasteiger partial charge in [-0.15, -0.1) is 0 Å². The molecular formula is C15H12BrNO4. The molecule has 0 N–H and O–H groups in total. The van der Waals surface area contributed by atoms with Crippen LogP contribution in [0, 0.1) is 10.1 Å². The molecule has 2 aromatic rings. The number of ether oxygens (including phenoxy) is 1. The largest absolute Gasteiger partial charge is 0.490 e. The van der Waals surface area contributed by atoms with Crippen LogP contribution in [0.1, 0.15) is 15.9 Å². The number of nitro benzene ring substituents is 1. The molecule has 2 aromatic carbocycles. The number of benzene rings is 2. The molecule has 0 aliphatic rings. The van der Waals surface area contributed by atoms with Crippen LogP contribution in [0.3, 0.4) is 0 Å². The molecule has 0 radical (unpaired) electrons. The first-order valence-electron chi connectivity index (χ1n) is 6.11. The molecule has 5 nitrogen and oxygen atoms in total. The molecule has 108 valence electrons. The summed E-state index contributed by atoms with van der Waals surface area (Å²) < 4.78 is 5.80. The van der Waals surface area contributed by atoms with E-state index in [2.05, 4.69) is 15.9 Å². The second-order valence-electron chi connectivity index (χ2n) is 4.37. The first kappa shape index (κ1) is 15.2. The lowest BCUT2D eigenvalue weighted by molar-refractivity contribution is -0.385. The SMILES string of the molecule is COc1ccc(C(=O)Cc2cccc(Br)c2)cc1[N+](=O)[O-]. The van der Waals surface area contributed by atoms with E-state index in [1.54, 1.807) is 0 Å². The molecule has 6 heteroatoms. The standard InChI is InChI=1S/C15H12BrNO4/c1-21-15-6-5-11(9-13(15)17(19)20)14(18)8-10-3-2-4-12(16)7-10/h2-7,9H,8H2,1H3. The van der Waals surface area contributed by atoms with Crippen molar-refractivity contribution < 1.29 is 14.5 Å². The van der Waals surface area contributed by atoms with E-state index in [-0.39, 0.29) is 23.6 Å². The van der Waals surface area contributed by atoms with Crippen molar-refractivity contribution in [2.45, 2.75) is 6.42 Å². The molecule has 0 aromatic heterocycles. The fraction of sp³-hybridized carbons (Fsp3) is 0.133. The number of carbonyl (C=O) groups is 1. The first-order valence-corrected chi connectivity index (χ1v) is 6.90. The van der Waals surface area contributed by atoms with E-state index in [9.17, 15) is 14.9 Å². The molecule has 0 fully saturated rings. The molecule has 0 saturated carbocycles. The molecular weight excluding hydrogens is 338 g/mol. The highest BCUT2D eigenvalue weighted by Gasteiger charge is 2.18. The zero-order valence-electron chi connectivity index (χ0n) is 11.2. The highest BCUT2D eigenvalue weighted by atomic mass is 79.9. The summed E-state index contributed by atoms with van der Waals surface area (Å²) in [7, 11) is 1.35. The van der Waals surface area contributed by atoms with Crippen LogP contribution in [0.25, 0.3) is 0 Å². The van der Waals surface area contributed by atoms with Gasteiger partial charge in [0.05, 0.1) is 12.0 Å². The van der Waals surface area contributed by atoms with Crippen LogP contribution in [0.2, 0.25) is 0 Å². The normalized spacial score (nSPS) is 10.2. The molecule has 0 saturated heterocycles. The van der Waals surface area contributed by atoms with E-state index in [1.807, 2.05) is 24.3 Å². The Kier molecular flexibility index (Phi) is 4.70. The summed E-state index contributed by atoms with van der Waals surface area (Å²) in [4.78, 5) is 22.6. The summed E-state index contributed by atoms with van der Waals surface area (Å²) in [6.45, 7) is 0. The monoisotopic (exact) mass is 349 g/mol. The maximum absolute atomic E-state index is 12.2. The number of hydrogen-bond acceptors (Lipinski definition) is 4. The molecule has 0 spiro atoms. The van der Waals surface area contributed by atoms with Crippen molar-refractivity contribution in [3.63, 3.8) is 0 Å². The Morgan fingerprint density at radius 1 is 1.29 bits per heavy atom. The highest BCUT2D eigenvalue weighted by Crippen LogP contribution is 2.28. The Morgan fingerprint density at radius 2 is 2.05 bits per heavy atom. The number of ketones is 1. The molecule has 0 bridgehead atoms. The number of nitrogens with zero attached hydrogens (tertiary/aromatic N) is 1. The van der Waals surface area contributed by atoms with E-state index in [0.717, 1.165) is 10.0 Å². The minimum atomic E-state index is -0.561. The second-order valence-corrected chi connectivity index (χ2v) is 5.29. The maximum Gasteiger partial charge on any atom is 0.311 e. The minimum Gasteiger partial charge on any atom is -0.490 e. The van der Waals surface area contributed by atoms with Gasteiger partial charge in [-0.05, 0) is 29.8 Å². The third-order valence-corrected chi connectivity index (χ3v) is 3.44. The lowest BCUT2D eigenvalue weighted by atomic mass is 10.0. The van der Waals surface area contributed by atoms with Crippen LogP contribution in [0.15, 0.2) is 46.9 Å². The lowest BCUT2D eigenvalue weighted by Crippen LogP contribution is -2.05. The molecule has 0 amide bonds. The summed E-state index contributed by atoms with van der Waals surface area (Å²) in [6, 6.07) is 11.6. The van der Waals surface area contributed by atoms with Gasteiger partial charge in [0.2, 0.25) is 0 Å². The van der Waals surface area contributed by atoms with E-state index < -0.39 is 4.92 Å². The maximum atomic E-state index is 12.2. The molecule has 0 aliphatic heterocycles. The van der Waals surface area contributed by atoms with Crippen LogP contribution in [0.4, 0.5) is 5.69 Å². The van der Waals surface area contributed by atoms with Gasteiger partial charge in [-0.25, -0.2) is 0 Å². The highest BCUT2D eigenvalue weighted by molar-refractivity contribution is 9.10. The lowest BCUT2D eigenvalue weighted by Gasteiger charge is -2.05. The van der Waals surface area contributed by atoms with E-state index in [0.29, 0.717) is 5.56 Å². The fourth-order valence-electron chi connectivity index (χ4n) is 1.94. The Labute approximate surface area is 129 Å². The van der Waals surface area contributed by atoms with E-state index in [4.69, 9.17) is 4.74 Å². The van der Waals surface area contributed by atoms with Gasteiger partial charge in [-0.3, -0.25) is 14.9 Å². The van der Waals surface area contributed by atoms with Crippen LogP contribution in [-0.4, -0.2) is 17.8 Å². The van der Waals surface area contributed by atoms with E-state index >= 15 is 0 Å². The summed E-state index contributed by atoms with van der Waals surface area (Å²) in [5.74, 6) is -0.0436. The predicted molar refractivity (Wildman–Crippen MR) is 81.8 cm³/mol. The van der Waals surface area contributed by atoms with Gasteiger partial charge in [-0.2, -0.15) is 0 Å². The molecule has 0 heterocycles. The van der Waals surface area contributed by atoms with Crippen LogP contribution in [0.5, 0.6) is 5.75 Å². The summed E-state index contributed by atoms with van der Waals surface area (Å²) >= 11 is 3.34. The van der Waals surface area contributed by atoms with Crippen LogP contribution < -0.4 is 4.74 Å². The van der Waals surface area contributed by atoms with Gasteiger partial charge >= 0.3 is 5.69 Å². The number of carbonyl (C=O) groups excluding carboxylic acids is 1. The van der Waals surface area contributed by atoms with Crippen LogP contribution in [-0.2, 0) is 6.42 Å². The Bertz CT molecular complexity index is 700. The zero-order valence-corrected chi connectivity index (χ0v) is 12.8. The number of hydrogen-bond donors (Lipinski definition) is 0. The predicted octanol–water partition coefficient (Wildman–Crippen LogP) is 3.79. The molecule has 2 rings (SSSR count). The van der Waals surface area contributed by atoms with Crippen molar-refractivity contribution in [1.82, 2.24) is 0 Å². The quantitative estimate of drug-likeness (QED) is 0.467. The first-order chi connectivity index (χ1) is 10.0. The molecule has 21 heavy (non-hydrogen) atoms. The van der Waals surface area contributed by atoms with Gasteiger partial charge in [0.1, 0.15) is 0 Å². The molecule has 0 atom stereocenters. The van der Waals surface area contributed by atoms with Crippen molar-refractivity contribution in [3.05, 3.63) is 68.2 Å². The van der Waals surface area contributed by atoms with Gasteiger partial charge in [0, 0.05) is 22.5 Å². The third-order valence-electron chi connectivity index (χ3n) is 2.95. The van der Waals surface area contributed by atoms with Crippen molar-refractivity contribution in [3.8, 4) is 5.75 Å². The Morgan fingerprint density at radius 3 is 2.67 bits per heavy atom. The van der Waals surface area contributed by atoms with Gasteiger partial charge < -0.3 is 4.74 Å². The van der Waals surface area contributed by atoms with Gasteiger partial charge in [0.25, 0.3) is 0 Å². The average molecular weight is 350 g/mol. The number of methoxy groups -OCH3 is 1. The number of Topliss-reactive ketones (excluding diaryl/α,β-unsaturated/α-hetero) is 1. The summed E-state index contributed by atoms with van der Waals surface area (Å²) in [6.07, 6.45) is 0.183. The minimum absolute atomic E-state index is 0.138. The van der Waals surface area contributed by atoms with Gasteiger partial charge in [0.15, 0.2) is 11.5 Å². The average Bonchev–Trinajstić information content (AvgIpc) is 2.46. The number of rotatable bonds is 5. The summed E-state index contributed by atoms with van der Waals surface area (Å²) in [5.41, 5.74) is 0.924. The van der Waals surface area contributed by atoms with Crippen molar-refractivity contribution in [2.24, 2.45) is 0 Å². The Hall–Kier alpha value is -2.21. The topological polar surface area (TPSA) is 69.4 Å². The smallest absolute Gasteiger partial charge is 0.311 e. The molecule has 0 unspecified atom stereocenters. The third kappa shape index (κ3) is 3.66. The van der Waals surface area contributed by atoms with Crippen molar-refractivity contribution in [1.29, 1.82) is 0 Å². The number of halogens is 1. The van der Waals surface area contributed by atoms with Crippen LogP contribution >= 0.6 is 15.9 Å². The molecule has 0 aliphatic carbocycles. The van der Waals surface area contributed by atoms with Crippen molar-refractivity contribution >= 4 is 27.4 Å². The number of nitro groups is 1. The van der Waals surface area contributed by atoms with E-state index in [1.165, 1.54) is 25.3 Å². The summed E-state index contributed by atoms with van der Waals surface area (Å²) in [5, 5.41) is 11.0. The van der Waals surface area contributed by atoms with Crippen molar-refractivity contribution in [2.75, 3.05) is 7.11 Å². The second kappa shape index (κ2) is 6.49. The zero-order chi connectivity index (χ0) is 15.4. The fourth-order valence-corrected chi connectivity index (χ4v) is 2.39. The Balaban J connectivity index is 2.27.